The van der Waals surface area contributed by atoms with Gasteiger partial charge in [0.1, 0.15) is 18.2 Å². The normalized spacial score (nSPS) is 14.4. The molecule has 1 aromatic heterocycles. The molecule has 3 aromatic rings. The van der Waals surface area contributed by atoms with Gasteiger partial charge in [0.15, 0.2) is 11.5 Å². The van der Waals surface area contributed by atoms with Gasteiger partial charge in [-0.05, 0) is 81.3 Å². The van der Waals surface area contributed by atoms with Crippen molar-refractivity contribution in [1.82, 2.24) is 4.90 Å². The minimum Gasteiger partial charge on any atom is -0.493 e. The van der Waals surface area contributed by atoms with Crippen LogP contribution in [0.4, 0.5) is 9.18 Å². The van der Waals surface area contributed by atoms with E-state index in [1.807, 2.05) is 0 Å². The lowest BCUT2D eigenvalue weighted by atomic mass is 10.1. The number of methoxy groups -OCH3 is 2. The van der Waals surface area contributed by atoms with Gasteiger partial charge in [0.2, 0.25) is 5.76 Å². The molecule has 2 amide bonds. The standard InChI is InChI=1S/C25H19BrFNO7S/c1-32-20-10-15(9-18(26)22(20)34-13-14-3-5-16(27)6-4-14)11-21-23(29)28(25(31)36-21)12-17-7-8-19(35-17)24(30)33-2/h3-11H,12-13H2,1-2H3/b21-11+. The molecule has 0 spiro atoms. The number of hydrogen-bond acceptors (Lipinski definition) is 8. The summed E-state index contributed by atoms with van der Waals surface area (Å²) in [6.45, 7) is 0.0696. The number of imide groups is 1. The first-order valence-electron chi connectivity index (χ1n) is 10.5. The molecule has 8 nitrogen and oxygen atoms in total. The Kier molecular flexibility index (Phi) is 7.80. The van der Waals surface area contributed by atoms with Crippen LogP contribution in [0.25, 0.3) is 6.08 Å². The van der Waals surface area contributed by atoms with Crippen molar-refractivity contribution in [1.29, 1.82) is 0 Å². The highest BCUT2D eigenvalue weighted by molar-refractivity contribution is 9.10. The van der Waals surface area contributed by atoms with Crippen LogP contribution in [0.15, 0.2) is 62.3 Å². The molecule has 1 saturated heterocycles. The quantitative estimate of drug-likeness (QED) is 0.246. The van der Waals surface area contributed by atoms with Crippen molar-refractivity contribution in [3.63, 3.8) is 0 Å². The SMILES string of the molecule is COC(=O)c1ccc(CN2C(=O)S/C(=C/c3cc(Br)c(OCc4ccc(F)cc4)c(OC)c3)C2=O)o1. The van der Waals surface area contributed by atoms with E-state index in [9.17, 15) is 18.8 Å². The summed E-state index contributed by atoms with van der Waals surface area (Å²) in [5.74, 6) is -0.386. The van der Waals surface area contributed by atoms with Crippen molar-refractivity contribution in [3.05, 3.63) is 86.4 Å². The maximum absolute atomic E-state index is 13.1. The van der Waals surface area contributed by atoms with Crippen molar-refractivity contribution >= 4 is 50.9 Å². The highest BCUT2D eigenvalue weighted by Gasteiger charge is 2.36. The molecule has 0 radical (unpaired) electrons. The third-order valence-corrected chi connectivity index (χ3v) is 6.58. The van der Waals surface area contributed by atoms with Crippen molar-refractivity contribution in [2.45, 2.75) is 13.2 Å². The van der Waals surface area contributed by atoms with Gasteiger partial charge in [-0.2, -0.15) is 0 Å². The van der Waals surface area contributed by atoms with Crippen molar-refractivity contribution in [3.8, 4) is 11.5 Å². The van der Waals surface area contributed by atoms with E-state index in [-0.39, 0.29) is 35.4 Å². The fourth-order valence-corrected chi connectivity index (χ4v) is 4.73. The Morgan fingerprint density at radius 2 is 1.89 bits per heavy atom. The average Bonchev–Trinajstić information content (AvgIpc) is 3.44. The van der Waals surface area contributed by atoms with Gasteiger partial charge in [-0.25, -0.2) is 9.18 Å². The number of benzene rings is 2. The fraction of sp³-hybridized carbons (Fsp3) is 0.160. The zero-order valence-electron chi connectivity index (χ0n) is 19.1. The van der Waals surface area contributed by atoms with E-state index in [1.165, 1.54) is 38.5 Å². The molecule has 36 heavy (non-hydrogen) atoms. The number of halogens is 2. The van der Waals surface area contributed by atoms with Crippen LogP contribution in [0.1, 0.15) is 27.4 Å². The first kappa shape index (κ1) is 25.5. The molecule has 11 heteroatoms. The van der Waals surface area contributed by atoms with Crippen LogP contribution < -0.4 is 9.47 Å². The third kappa shape index (κ3) is 5.63. The molecule has 1 aliphatic rings. The summed E-state index contributed by atoms with van der Waals surface area (Å²) in [4.78, 5) is 38.2. The van der Waals surface area contributed by atoms with Crippen LogP contribution in [-0.4, -0.2) is 36.2 Å². The number of carbonyl (C=O) groups is 3. The van der Waals surface area contributed by atoms with Gasteiger partial charge in [0, 0.05) is 0 Å². The molecule has 1 fully saturated rings. The minimum absolute atomic E-state index is 0.0197. The Balaban J connectivity index is 1.50. The van der Waals surface area contributed by atoms with Crippen LogP contribution in [0.2, 0.25) is 0 Å². The van der Waals surface area contributed by atoms with Crippen LogP contribution in [0.5, 0.6) is 11.5 Å². The van der Waals surface area contributed by atoms with E-state index in [2.05, 4.69) is 20.7 Å². The molecule has 1 aliphatic heterocycles. The van der Waals surface area contributed by atoms with E-state index >= 15 is 0 Å². The van der Waals surface area contributed by atoms with Crippen LogP contribution >= 0.6 is 27.7 Å². The number of esters is 1. The number of carbonyl (C=O) groups excluding carboxylic acids is 3. The first-order chi connectivity index (χ1) is 17.3. The number of rotatable bonds is 8. The molecule has 186 valence electrons. The second-order valence-electron chi connectivity index (χ2n) is 7.47. The maximum atomic E-state index is 13.1. The summed E-state index contributed by atoms with van der Waals surface area (Å²) in [7, 11) is 2.71. The summed E-state index contributed by atoms with van der Waals surface area (Å²) in [6.07, 6.45) is 1.57. The summed E-state index contributed by atoms with van der Waals surface area (Å²) >= 11 is 4.26. The predicted molar refractivity (Wildman–Crippen MR) is 133 cm³/mol. The van der Waals surface area contributed by atoms with E-state index in [1.54, 1.807) is 30.3 Å². The Morgan fingerprint density at radius 3 is 2.58 bits per heavy atom. The summed E-state index contributed by atoms with van der Waals surface area (Å²) < 4.78 is 35.0. The molecule has 0 saturated carbocycles. The van der Waals surface area contributed by atoms with Crippen LogP contribution in [-0.2, 0) is 22.7 Å². The Hall–Kier alpha value is -3.57. The lowest BCUT2D eigenvalue weighted by Gasteiger charge is -2.14. The Morgan fingerprint density at radius 1 is 1.14 bits per heavy atom. The molecule has 0 unspecified atom stereocenters. The number of nitrogens with zero attached hydrogens (tertiary/aromatic N) is 1. The molecule has 4 rings (SSSR count). The molecule has 0 atom stereocenters. The molecule has 2 heterocycles. The van der Waals surface area contributed by atoms with Crippen LogP contribution in [0, 0.1) is 5.82 Å². The van der Waals surface area contributed by atoms with E-state index in [4.69, 9.17) is 13.9 Å². The zero-order chi connectivity index (χ0) is 25.8. The predicted octanol–water partition coefficient (Wildman–Crippen LogP) is 5.79. The smallest absolute Gasteiger partial charge is 0.373 e. The van der Waals surface area contributed by atoms with Crippen molar-refractivity contribution < 1.29 is 37.4 Å². The Labute approximate surface area is 218 Å². The molecule has 0 bridgehead atoms. The lowest BCUT2D eigenvalue weighted by molar-refractivity contribution is -0.123. The van der Waals surface area contributed by atoms with Gasteiger partial charge in [0.25, 0.3) is 11.1 Å². The van der Waals surface area contributed by atoms with E-state index in [0.29, 0.717) is 21.5 Å². The average molecular weight is 576 g/mol. The monoisotopic (exact) mass is 575 g/mol. The van der Waals surface area contributed by atoms with E-state index in [0.717, 1.165) is 22.2 Å². The van der Waals surface area contributed by atoms with Gasteiger partial charge < -0.3 is 18.6 Å². The molecular weight excluding hydrogens is 557 g/mol. The lowest BCUT2D eigenvalue weighted by Crippen LogP contribution is -2.27. The second-order valence-corrected chi connectivity index (χ2v) is 9.32. The zero-order valence-corrected chi connectivity index (χ0v) is 21.5. The molecule has 0 N–H and O–H groups in total. The first-order valence-corrected chi connectivity index (χ1v) is 12.1. The van der Waals surface area contributed by atoms with Crippen molar-refractivity contribution in [2.75, 3.05) is 14.2 Å². The number of amides is 2. The van der Waals surface area contributed by atoms with Crippen molar-refractivity contribution in [2.24, 2.45) is 0 Å². The highest BCUT2D eigenvalue weighted by atomic mass is 79.9. The summed E-state index contributed by atoms with van der Waals surface area (Å²) in [5, 5.41) is -0.465. The largest absolute Gasteiger partial charge is 0.493 e. The fourth-order valence-electron chi connectivity index (χ4n) is 3.32. The molecule has 2 aromatic carbocycles. The van der Waals surface area contributed by atoms with Crippen LogP contribution in [0.3, 0.4) is 0 Å². The topological polar surface area (TPSA) is 95.3 Å². The third-order valence-electron chi connectivity index (χ3n) is 5.08. The van der Waals surface area contributed by atoms with E-state index < -0.39 is 17.1 Å². The Bertz CT molecular complexity index is 1350. The number of furan rings is 1. The molecule has 0 aliphatic carbocycles. The highest BCUT2D eigenvalue weighted by Crippen LogP contribution is 2.39. The van der Waals surface area contributed by atoms with Gasteiger partial charge in [0.05, 0.1) is 30.1 Å². The number of ether oxygens (including phenoxy) is 3. The summed E-state index contributed by atoms with van der Waals surface area (Å²) in [6, 6.07) is 12.3. The van der Waals surface area contributed by atoms with Gasteiger partial charge in [-0.15, -0.1) is 0 Å². The van der Waals surface area contributed by atoms with Gasteiger partial charge in [-0.1, -0.05) is 12.1 Å². The minimum atomic E-state index is -0.653. The second kappa shape index (κ2) is 11.0. The number of thioether (sulfide) groups is 1. The van der Waals surface area contributed by atoms with Gasteiger partial charge in [-0.3, -0.25) is 14.5 Å². The number of hydrogen-bond donors (Lipinski definition) is 0. The molecular formula is C25H19BrFNO7S. The van der Waals surface area contributed by atoms with Gasteiger partial charge >= 0.3 is 5.97 Å². The summed E-state index contributed by atoms with van der Waals surface area (Å²) in [5.41, 5.74) is 1.38. The maximum Gasteiger partial charge on any atom is 0.373 e.